The van der Waals surface area contributed by atoms with E-state index in [1.165, 1.54) is 12.3 Å². The first-order chi connectivity index (χ1) is 11.7. The van der Waals surface area contributed by atoms with Gasteiger partial charge in [0, 0.05) is 38.1 Å². The molecule has 1 aromatic carbocycles. The SMILES string of the molecule is COCC[C@H]1CCCCN1C(=O)Nc1ccc2occc(=O)c2c1. The predicted octanol–water partition coefficient (Wildman–Crippen LogP) is 3.22. The lowest BCUT2D eigenvalue weighted by atomic mass is 10.00. The van der Waals surface area contributed by atoms with Crippen LogP contribution in [0, 0.1) is 0 Å². The lowest BCUT2D eigenvalue weighted by Crippen LogP contribution is -2.46. The van der Waals surface area contributed by atoms with Gasteiger partial charge in [0.25, 0.3) is 0 Å². The first kappa shape index (κ1) is 16.5. The zero-order chi connectivity index (χ0) is 16.9. The van der Waals surface area contributed by atoms with Crippen LogP contribution in [0.15, 0.2) is 39.7 Å². The van der Waals surface area contributed by atoms with Crippen LogP contribution >= 0.6 is 0 Å². The zero-order valence-corrected chi connectivity index (χ0v) is 13.8. The third-order valence-corrected chi connectivity index (χ3v) is 4.45. The molecule has 6 nitrogen and oxygen atoms in total. The van der Waals surface area contributed by atoms with Crippen LogP contribution < -0.4 is 10.7 Å². The van der Waals surface area contributed by atoms with Crippen LogP contribution in [-0.2, 0) is 4.74 Å². The molecule has 0 unspecified atom stereocenters. The number of amides is 2. The van der Waals surface area contributed by atoms with Gasteiger partial charge < -0.3 is 19.4 Å². The van der Waals surface area contributed by atoms with Gasteiger partial charge in [-0.05, 0) is 43.9 Å². The number of hydrogen-bond acceptors (Lipinski definition) is 4. The summed E-state index contributed by atoms with van der Waals surface area (Å²) in [6, 6.07) is 6.55. The Morgan fingerprint density at radius 3 is 3.08 bits per heavy atom. The summed E-state index contributed by atoms with van der Waals surface area (Å²) in [4.78, 5) is 26.4. The van der Waals surface area contributed by atoms with E-state index in [1.54, 1.807) is 25.3 Å². The van der Waals surface area contributed by atoms with Crippen LogP contribution in [0.3, 0.4) is 0 Å². The van der Waals surface area contributed by atoms with Gasteiger partial charge in [-0.3, -0.25) is 4.79 Å². The number of likely N-dealkylation sites (tertiary alicyclic amines) is 1. The molecule has 1 aromatic heterocycles. The van der Waals surface area contributed by atoms with Crippen molar-refractivity contribution < 1.29 is 13.9 Å². The lowest BCUT2D eigenvalue weighted by molar-refractivity contribution is 0.123. The van der Waals surface area contributed by atoms with E-state index < -0.39 is 0 Å². The fourth-order valence-corrected chi connectivity index (χ4v) is 3.18. The van der Waals surface area contributed by atoms with Gasteiger partial charge >= 0.3 is 6.03 Å². The van der Waals surface area contributed by atoms with Crippen LogP contribution in [0.1, 0.15) is 25.7 Å². The average molecular weight is 330 g/mol. The number of anilines is 1. The van der Waals surface area contributed by atoms with Gasteiger partial charge in [0.2, 0.25) is 0 Å². The minimum atomic E-state index is -0.129. The molecule has 0 aliphatic carbocycles. The van der Waals surface area contributed by atoms with E-state index >= 15 is 0 Å². The minimum Gasteiger partial charge on any atom is -0.464 e. The number of methoxy groups -OCH3 is 1. The highest BCUT2D eigenvalue weighted by Gasteiger charge is 2.26. The first-order valence-electron chi connectivity index (χ1n) is 8.27. The second kappa shape index (κ2) is 7.49. The summed E-state index contributed by atoms with van der Waals surface area (Å²) >= 11 is 0. The summed E-state index contributed by atoms with van der Waals surface area (Å²) in [7, 11) is 1.67. The molecule has 2 amide bonds. The maximum Gasteiger partial charge on any atom is 0.322 e. The predicted molar refractivity (Wildman–Crippen MR) is 92.3 cm³/mol. The molecule has 2 heterocycles. The molecule has 1 N–H and O–H groups in total. The Labute approximate surface area is 140 Å². The highest BCUT2D eigenvalue weighted by Crippen LogP contribution is 2.22. The normalized spacial score (nSPS) is 17.9. The first-order valence-corrected chi connectivity index (χ1v) is 8.27. The molecule has 1 aliphatic heterocycles. The molecule has 2 aromatic rings. The van der Waals surface area contributed by atoms with E-state index in [0.717, 1.165) is 32.2 Å². The van der Waals surface area contributed by atoms with E-state index in [4.69, 9.17) is 9.15 Å². The van der Waals surface area contributed by atoms with Crippen molar-refractivity contribution in [2.75, 3.05) is 25.6 Å². The average Bonchev–Trinajstić information content (AvgIpc) is 2.61. The Bertz CT molecular complexity index is 771. The zero-order valence-electron chi connectivity index (χ0n) is 13.8. The van der Waals surface area contributed by atoms with Gasteiger partial charge in [-0.25, -0.2) is 4.79 Å². The second-order valence-electron chi connectivity index (χ2n) is 6.05. The summed E-state index contributed by atoms with van der Waals surface area (Å²) in [5.74, 6) is 0. The van der Waals surface area contributed by atoms with Crippen molar-refractivity contribution in [3.8, 4) is 0 Å². The second-order valence-corrected chi connectivity index (χ2v) is 6.05. The number of ether oxygens (including phenoxy) is 1. The van der Waals surface area contributed by atoms with Crippen molar-refractivity contribution >= 4 is 22.7 Å². The number of carbonyl (C=O) groups is 1. The van der Waals surface area contributed by atoms with Crippen LogP contribution in [0.2, 0.25) is 0 Å². The van der Waals surface area contributed by atoms with Crippen LogP contribution in [0.5, 0.6) is 0 Å². The summed E-state index contributed by atoms with van der Waals surface area (Å²) in [5, 5.41) is 3.37. The topological polar surface area (TPSA) is 71.8 Å². The fourth-order valence-electron chi connectivity index (χ4n) is 3.18. The molecule has 3 rings (SSSR count). The molecule has 0 spiro atoms. The van der Waals surface area contributed by atoms with Gasteiger partial charge in [0.15, 0.2) is 5.43 Å². The van der Waals surface area contributed by atoms with Gasteiger partial charge in [-0.1, -0.05) is 0 Å². The van der Waals surface area contributed by atoms with E-state index in [-0.39, 0.29) is 17.5 Å². The maximum absolute atomic E-state index is 12.6. The Balaban J connectivity index is 1.75. The number of fused-ring (bicyclic) bond motifs is 1. The number of carbonyl (C=O) groups excluding carboxylic acids is 1. The molecule has 1 fully saturated rings. The minimum absolute atomic E-state index is 0.122. The van der Waals surface area contributed by atoms with Gasteiger partial charge in [0.05, 0.1) is 11.6 Å². The summed E-state index contributed by atoms with van der Waals surface area (Å²) in [6.07, 6.45) is 5.35. The smallest absolute Gasteiger partial charge is 0.322 e. The Kier molecular flexibility index (Phi) is 5.15. The maximum atomic E-state index is 12.6. The molecule has 0 radical (unpaired) electrons. The van der Waals surface area contributed by atoms with Gasteiger partial charge in [-0.15, -0.1) is 0 Å². The van der Waals surface area contributed by atoms with Crippen molar-refractivity contribution in [2.45, 2.75) is 31.7 Å². The van der Waals surface area contributed by atoms with E-state index in [0.29, 0.717) is 23.3 Å². The van der Waals surface area contributed by atoms with Crippen molar-refractivity contribution in [2.24, 2.45) is 0 Å². The molecule has 1 atom stereocenters. The largest absolute Gasteiger partial charge is 0.464 e. The number of rotatable bonds is 4. The number of benzene rings is 1. The highest BCUT2D eigenvalue weighted by atomic mass is 16.5. The number of nitrogens with one attached hydrogen (secondary N) is 1. The van der Waals surface area contributed by atoms with Gasteiger partial charge in [0.1, 0.15) is 5.58 Å². The number of nitrogens with zero attached hydrogens (tertiary/aromatic N) is 1. The summed E-state index contributed by atoms with van der Waals surface area (Å²) < 4.78 is 10.4. The van der Waals surface area contributed by atoms with Crippen LogP contribution in [0.25, 0.3) is 11.0 Å². The standard InChI is InChI=1S/C18H22N2O4/c1-23-10-7-14-4-2-3-9-20(14)18(22)19-13-5-6-17-15(12-13)16(21)8-11-24-17/h5-6,8,11-12,14H,2-4,7,9-10H2,1H3,(H,19,22)/t14-/m1/s1. The molecule has 1 saturated heterocycles. The van der Waals surface area contributed by atoms with Crippen LogP contribution in [0.4, 0.5) is 10.5 Å². The molecular formula is C18H22N2O4. The van der Waals surface area contributed by atoms with Crippen molar-refractivity contribution in [3.63, 3.8) is 0 Å². The third-order valence-electron chi connectivity index (χ3n) is 4.45. The van der Waals surface area contributed by atoms with Crippen LogP contribution in [-0.4, -0.2) is 37.2 Å². The van der Waals surface area contributed by atoms with Crippen molar-refractivity contribution in [1.29, 1.82) is 0 Å². The molecule has 1 aliphatic rings. The Morgan fingerprint density at radius 1 is 1.38 bits per heavy atom. The summed E-state index contributed by atoms with van der Waals surface area (Å²) in [5.41, 5.74) is 0.988. The molecule has 0 bridgehead atoms. The van der Waals surface area contributed by atoms with E-state index in [9.17, 15) is 9.59 Å². The molecule has 6 heteroatoms. The number of piperidine rings is 1. The third kappa shape index (κ3) is 3.59. The molecule has 128 valence electrons. The number of urea groups is 1. The molecular weight excluding hydrogens is 308 g/mol. The fraction of sp³-hybridized carbons (Fsp3) is 0.444. The van der Waals surface area contributed by atoms with E-state index in [1.807, 2.05) is 4.90 Å². The van der Waals surface area contributed by atoms with Crippen molar-refractivity contribution in [3.05, 3.63) is 40.8 Å². The monoisotopic (exact) mass is 330 g/mol. The molecule has 24 heavy (non-hydrogen) atoms. The lowest BCUT2D eigenvalue weighted by Gasteiger charge is -2.35. The Hall–Kier alpha value is -2.34. The molecule has 0 saturated carbocycles. The van der Waals surface area contributed by atoms with Crippen molar-refractivity contribution in [1.82, 2.24) is 4.90 Å². The highest BCUT2D eigenvalue weighted by molar-refractivity contribution is 5.92. The van der Waals surface area contributed by atoms with E-state index in [2.05, 4.69) is 5.32 Å². The Morgan fingerprint density at radius 2 is 2.25 bits per heavy atom. The summed E-state index contributed by atoms with van der Waals surface area (Å²) in [6.45, 7) is 1.39. The quantitative estimate of drug-likeness (QED) is 0.934. The van der Waals surface area contributed by atoms with Gasteiger partial charge in [-0.2, -0.15) is 0 Å². The number of hydrogen-bond donors (Lipinski definition) is 1.